The maximum absolute atomic E-state index is 13.3. The fourth-order valence-corrected chi connectivity index (χ4v) is 4.84. The van der Waals surface area contributed by atoms with Gasteiger partial charge in [0.05, 0.1) is 61.9 Å². The number of esters is 2. The van der Waals surface area contributed by atoms with E-state index in [2.05, 4.69) is 21.3 Å². The molecule has 2 aliphatic heterocycles. The third kappa shape index (κ3) is 3.99. The number of rotatable bonds is 5. The van der Waals surface area contributed by atoms with Crippen molar-refractivity contribution < 1.29 is 28.4 Å². The minimum Gasteiger partial charge on any atom is -0.466 e. The first-order valence-electron chi connectivity index (χ1n) is 11.7. The SMILES string of the molecule is COC(=O)C1=C(C(=O)OC)N(c2ccc(N3CCOCC3)c3nonc23)C(N)=C(C#N)C1c1ccccc1. The summed E-state index contributed by atoms with van der Waals surface area (Å²) in [5.41, 5.74) is 8.65. The van der Waals surface area contributed by atoms with Crippen LogP contribution in [0.15, 0.2) is 69.8 Å². The lowest BCUT2D eigenvalue weighted by Gasteiger charge is -2.36. The zero-order valence-electron chi connectivity index (χ0n) is 20.7. The first-order valence-corrected chi connectivity index (χ1v) is 11.7. The summed E-state index contributed by atoms with van der Waals surface area (Å²) in [5.74, 6) is -2.72. The minimum absolute atomic E-state index is 0.0473. The number of carbonyl (C=O) groups excluding carboxylic acids is 2. The van der Waals surface area contributed by atoms with Gasteiger partial charge in [-0.2, -0.15) is 5.26 Å². The summed E-state index contributed by atoms with van der Waals surface area (Å²) in [6.45, 7) is 2.40. The largest absolute Gasteiger partial charge is 0.466 e. The predicted octanol–water partition coefficient (Wildman–Crippen LogP) is 1.96. The van der Waals surface area contributed by atoms with Crippen molar-refractivity contribution in [2.24, 2.45) is 5.73 Å². The van der Waals surface area contributed by atoms with Gasteiger partial charge in [-0.3, -0.25) is 4.90 Å². The van der Waals surface area contributed by atoms with E-state index in [1.807, 2.05) is 0 Å². The molecule has 0 amide bonds. The van der Waals surface area contributed by atoms with E-state index in [1.54, 1.807) is 42.5 Å². The first-order chi connectivity index (χ1) is 18.5. The molecule has 0 saturated carbocycles. The summed E-state index contributed by atoms with van der Waals surface area (Å²) in [6, 6.07) is 14.4. The van der Waals surface area contributed by atoms with Gasteiger partial charge >= 0.3 is 11.9 Å². The van der Waals surface area contributed by atoms with Crippen molar-refractivity contribution in [1.29, 1.82) is 5.26 Å². The van der Waals surface area contributed by atoms with Crippen molar-refractivity contribution in [2.45, 2.75) is 5.92 Å². The molecule has 1 aromatic heterocycles. The molecule has 12 heteroatoms. The number of nitriles is 1. The average Bonchev–Trinajstić information content (AvgIpc) is 3.46. The van der Waals surface area contributed by atoms with E-state index in [0.29, 0.717) is 37.4 Å². The zero-order valence-corrected chi connectivity index (χ0v) is 20.7. The Hall–Kier alpha value is -4.89. The average molecular weight is 517 g/mol. The number of nitrogens with two attached hydrogens (primary N) is 1. The molecule has 194 valence electrons. The Morgan fingerprint density at radius 2 is 1.63 bits per heavy atom. The standard InChI is InChI=1S/C26H24N6O6/c1-35-25(33)20-19(15-6-4-3-5-7-15)16(14-27)24(28)32(23(20)26(34)36-2)18-9-8-17(21-22(18)30-38-29-21)31-10-12-37-13-11-31/h3-9,19H,10-13,28H2,1-2H3. The van der Waals surface area contributed by atoms with Crippen LogP contribution in [-0.2, 0) is 23.8 Å². The van der Waals surface area contributed by atoms with Crippen molar-refractivity contribution in [3.8, 4) is 6.07 Å². The molecular formula is C26H24N6O6. The van der Waals surface area contributed by atoms with Gasteiger partial charge in [0, 0.05) is 13.1 Å². The quantitative estimate of drug-likeness (QED) is 0.492. The topological polar surface area (TPSA) is 157 Å². The number of ether oxygens (including phenoxy) is 3. The summed E-state index contributed by atoms with van der Waals surface area (Å²) in [5, 5.41) is 18.4. The van der Waals surface area contributed by atoms with Gasteiger partial charge in [-0.25, -0.2) is 14.2 Å². The second kappa shape index (κ2) is 10.2. The van der Waals surface area contributed by atoms with E-state index in [-0.39, 0.29) is 33.9 Å². The summed E-state index contributed by atoms with van der Waals surface area (Å²) in [7, 11) is 2.38. The smallest absolute Gasteiger partial charge is 0.355 e. The van der Waals surface area contributed by atoms with Gasteiger partial charge in [0.25, 0.3) is 0 Å². The Morgan fingerprint density at radius 3 is 2.26 bits per heavy atom. The molecule has 5 rings (SSSR count). The summed E-state index contributed by atoms with van der Waals surface area (Å²) in [4.78, 5) is 29.9. The molecule has 38 heavy (non-hydrogen) atoms. The minimum atomic E-state index is -0.974. The molecule has 1 saturated heterocycles. The van der Waals surface area contributed by atoms with Crippen molar-refractivity contribution in [2.75, 3.05) is 50.3 Å². The molecule has 1 unspecified atom stereocenters. The molecular weight excluding hydrogens is 492 g/mol. The summed E-state index contributed by atoms with van der Waals surface area (Å²) < 4.78 is 20.7. The number of hydrogen-bond acceptors (Lipinski definition) is 12. The second-order valence-electron chi connectivity index (χ2n) is 8.50. The highest BCUT2D eigenvalue weighted by atomic mass is 16.6. The lowest BCUT2D eigenvalue weighted by Crippen LogP contribution is -2.41. The molecule has 2 aromatic carbocycles. The monoisotopic (exact) mass is 516 g/mol. The van der Waals surface area contributed by atoms with E-state index in [9.17, 15) is 14.9 Å². The summed E-state index contributed by atoms with van der Waals surface area (Å²) in [6.07, 6.45) is 0. The molecule has 0 spiro atoms. The Kier molecular flexibility index (Phi) is 6.68. The molecule has 1 atom stereocenters. The molecule has 2 N–H and O–H groups in total. The van der Waals surface area contributed by atoms with Gasteiger partial charge in [0.1, 0.15) is 11.5 Å². The number of aromatic nitrogens is 2. The van der Waals surface area contributed by atoms with E-state index < -0.39 is 17.9 Å². The lowest BCUT2D eigenvalue weighted by molar-refractivity contribution is -0.139. The van der Waals surface area contributed by atoms with Gasteiger partial charge in [-0.05, 0) is 28.0 Å². The first kappa shape index (κ1) is 24.8. The van der Waals surface area contributed by atoms with E-state index in [1.165, 1.54) is 19.1 Å². The second-order valence-corrected chi connectivity index (χ2v) is 8.50. The number of allylic oxidation sites excluding steroid dienone is 1. The van der Waals surface area contributed by atoms with E-state index in [4.69, 9.17) is 24.6 Å². The molecule has 0 bridgehead atoms. The number of morpholine rings is 1. The van der Waals surface area contributed by atoms with Crippen LogP contribution >= 0.6 is 0 Å². The normalized spacial score (nSPS) is 18.0. The zero-order chi connectivity index (χ0) is 26.8. The number of benzene rings is 2. The predicted molar refractivity (Wildman–Crippen MR) is 134 cm³/mol. The molecule has 1 fully saturated rings. The van der Waals surface area contributed by atoms with Crippen LogP contribution in [0.2, 0.25) is 0 Å². The fourth-order valence-electron chi connectivity index (χ4n) is 4.84. The molecule has 0 radical (unpaired) electrons. The van der Waals surface area contributed by atoms with E-state index >= 15 is 0 Å². The third-order valence-electron chi connectivity index (χ3n) is 6.58. The third-order valence-corrected chi connectivity index (χ3v) is 6.58. The number of anilines is 2. The maximum atomic E-state index is 13.3. The fraction of sp³-hybridized carbons (Fsp3) is 0.269. The highest BCUT2D eigenvalue weighted by molar-refractivity contribution is 6.09. The van der Waals surface area contributed by atoms with Crippen LogP contribution < -0.4 is 15.5 Å². The maximum Gasteiger partial charge on any atom is 0.355 e. The number of hydrogen-bond donors (Lipinski definition) is 1. The van der Waals surface area contributed by atoms with Crippen molar-refractivity contribution in [1.82, 2.24) is 10.3 Å². The van der Waals surface area contributed by atoms with Crippen LogP contribution in [-0.4, -0.2) is 62.8 Å². The van der Waals surface area contributed by atoms with Crippen LogP contribution in [0.25, 0.3) is 11.0 Å². The van der Waals surface area contributed by atoms with E-state index in [0.717, 1.165) is 5.69 Å². The van der Waals surface area contributed by atoms with Gasteiger partial charge in [0.2, 0.25) is 0 Å². The summed E-state index contributed by atoms with van der Waals surface area (Å²) >= 11 is 0. The molecule has 2 aliphatic rings. The number of carbonyl (C=O) groups is 2. The van der Waals surface area contributed by atoms with Crippen LogP contribution in [0.3, 0.4) is 0 Å². The van der Waals surface area contributed by atoms with Crippen LogP contribution in [0.5, 0.6) is 0 Å². The highest BCUT2D eigenvalue weighted by Crippen LogP contribution is 2.45. The molecule has 3 heterocycles. The number of nitrogens with zero attached hydrogens (tertiary/aromatic N) is 5. The number of fused-ring (bicyclic) bond motifs is 1. The van der Waals surface area contributed by atoms with Crippen molar-refractivity contribution in [3.05, 3.63) is 70.7 Å². The Labute approximate surface area is 217 Å². The lowest BCUT2D eigenvalue weighted by atomic mass is 9.81. The Morgan fingerprint density at radius 1 is 1.00 bits per heavy atom. The van der Waals surface area contributed by atoms with Crippen LogP contribution in [0, 0.1) is 11.3 Å². The molecule has 3 aromatic rings. The van der Waals surface area contributed by atoms with Gasteiger partial charge in [0.15, 0.2) is 11.0 Å². The van der Waals surface area contributed by atoms with Gasteiger partial charge in [-0.1, -0.05) is 30.3 Å². The number of methoxy groups -OCH3 is 2. The Bertz CT molecular complexity index is 1500. The molecule has 0 aliphatic carbocycles. The van der Waals surface area contributed by atoms with Crippen LogP contribution in [0.4, 0.5) is 11.4 Å². The van der Waals surface area contributed by atoms with Crippen molar-refractivity contribution >= 4 is 34.3 Å². The Balaban J connectivity index is 1.78. The van der Waals surface area contributed by atoms with Crippen LogP contribution in [0.1, 0.15) is 11.5 Å². The molecule has 12 nitrogen and oxygen atoms in total. The highest BCUT2D eigenvalue weighted by Gasteiger charge is 2.43. The van der Waals surface area contributed by atoms with Gasteiger partial charge < -0.3 is 24.8 Å². The van der Waals surface area contributed by atoms with Gasteiger partial charge in [-0.15, -0.1) is 0 Å². The van der Waals surface area contributed by atoms with Crippen molar-refractivity contribution in [3.63, 3.8) is 0 Å².